The van der Waals surface area contributed by atoms with Gasteiger partial charge in [0.25, 0.3) is 0 Å². The van der Waals surface area contributed by atoms with Crippen molar-refractivity contribution in [2.24, 2.45) is 5.92 Å². The quantitative estimate of drug-likeness (QED) is 0.456. The van der Waals surface area contributed by atoms with Gasteiger partial charge in [0.05, 0.1) is 6.61 Å². The van der Waals surface area contributed by atoms with Crippen molar-refractivity contribution in [3.63, 3.8) is 0 Å². The highest BCUT2D eigenvalue weighted by Gasteiger charge is 2.11. The Morgan fingerprint density at radius 1 is 1.17 bits per heavy atom. The number of carbonyl (C=O) groups excluding carboxylic acids is 1. The molecule has 18 heavy (non-hydrogen) atoms. The summed E-state index contributed by atoms with van der Waals surface area (Å²) in [5.74, 6) is -0.630. The normalized spacial score (nSPS) is 12.1. The monoisotopic (exact) mass is 258 g/mol. The molecule has 1 unspecified atom stereocenters. The SMILES string of the molecule is CCCCOC(=O)CCCCC(CC)CC(=O)O. The van der Waals surface area contributed by atoms with Crippen molar-refractivity contribution in [1.29, 1.82) is 0 Å². The van der Waals surface area contributed by atoms with Crippen molar-refractivity contribution < 1.29 is 19.4 Å². The van der Waals surface area contributed by atoms with Crippen molar-refractivity contribution in [3.8, 4) is 0 Å². The topological polar surface area (TPSA) is 63.6 Å². The fraction of sp³-hybridized carbons (Fsp3) is 0.857. The number of hydrogen-bond donors (Lipinski definition) is 1. The lowest BCUT2D eigenvalue weighted by Crippen LogP contribution is -2.08. The molecule has 0 aliphatic heterocycles. The van der Waals surface area contributed by atoms with Crippen LogP contribution in [0.2, 0.25) is 0 Å². The summed E-state index contributed by atoms with van der Waals surface area (Å²) in [7, 11) is 0. The third kappa shape index (κ3) is 10.1. The first-order valence-electron chi connectivity index (χ1n) is 6.97. The first-order chi connectivity index (χ1) is 8.60. The van der Waals surface area contributed by atoms with Crippen molar-refractivity contribution >= 4 is 11.9 Å². The van der Waals surface area contributed by atoms with Crippen molar-refractivity contribution in [2.45, 2.75) is 65.2 Å². The van der Waals surface area contributed by atoms with Gasteiger partial charge >= 0.3 is 11.9 Å². The molecule has 4 nitrogen and oxygen atoms in total. The van der Waals surface area contributed by atoms with Gasteiger partial charge in [0, 0.05) is 12.8 Å². The second kappa shape index (κ2) is 11.1. The first-order valence-corrected chi connectivity index (χ1v) is 6.97. The van der Waals surface area contributed by atoms with E-state index in [1.807, 2.05) is 6.92 Å². The average Bonchev–Trinajstić information content (AvgIpc) is 2.33. The third-order valence-electron chi connectivity index (χ3n) is 3.04. The van der Waals surface area contributed by atoms with Crippen LogP contribution in [0.5, 0.6) is 0 Å². The molecule has 0 aliphatic rings. The maximum Gasteiger partial charge on any atom is 0.305 e. The lowest BCUT2D eigenvalue weighted by Gasteiger charge is -2.11. The zero-order valence-corrected chi connectivity index (χ0v) is 11.6. The van der Waals surface area contributed by atoms with Crippen molar-refractivity contribution in [3.05, 3.63) is 0 Å². The minimum absolute atomic E-state index is 0.130. The molecule has 0 radical (unpaired) electrons. The van der Waals surface area contributed by atoms with Gasteiger partial charge < -0.3 is 9.84 Å². The fourth-order valence-electron chi connectivity index (χ4n) is 1.80. The predicted molar refractivity (Wildman–Crippen MR) is 70.4 cm³/mol. The highest BCUT2D eigenvalue weighted by molar-refractivity contribution is 5.69. The molecule has 1 N–H and O–H groups in total. The van der Waals surface area contributed by atoms with Crippen molar-refractivity contribution in [2.75, 3.05) is 6.61 Å². The molecule has 0 heterocycles. The summed E-state index contributed by atoms with van der Waals surface area (Å²) in [4.78, 5) is 21.9. The highest BCUT2D eigenvalue weighted by atomic mass is 16.5. The van der Waals surface area contributed by atoms with E-state index in [0.29, 0.717) is 13.0 Å². The molecule has 0 fully saturated rings. The lowest BCUT2D eigenvalue weighted by atomic mass is 9.95. The van der Waals surface area contributed by atoms with Gasteiger partial charge in [-0.15, -0.1) is 0 Å². The molecule has 0 saturated heterocycles. The number of carboxylic acid groups (broad SMARTS) is 1. The molecule has 0 rings (SSSR count). The number of hydrogen-bond acceptors (Lipinski definition) is 3. The number of carbonyl (C=O) groups is 2. The summed E-state index contributed by atoms with van der Waals surface area (Å²) in [6.07, 6.45) is 6.08. The van der Waals surface area contributed by atoms with E-state index in [4.69, 9.17) is 9.84 Å². The van der Waals surface area contributed by atoms with Crippen LogP contribution in [0.15, 0.2) is 0 Å². The molecule has 4 heteroatoms. The number of rotatable bonds is 11. The highest BCUT2D eigenvalue weighted by Crippen LogP contribution is 2.17. The molecular weight excluding hydrogens is 232 g/mol. The Balaban J connectivity index is 3.52. The number of carboxylic acids is 1. The molecular formula is C14H26O4. The summed E-state index contributed by atoms with van der Waals surface area (Å²) < 4.78 is 5.05. The van der Waals surface area contributed by atoms with E-state index in [9.17, 15) is 9.59 Å². The number of unbranched alkanes of at least 4 members (excludes halogenated alkanes) is 2. The van der Waals surface area contributed by atoms with Crippen LogP contribution < -0.4 is 0 Å². The fourth-order valence-corrected chi connectivity index (χ4v) is 1.80. The van der Waals surface area contributed by atoms with Crippen molar-refractivity contribution in [1.82, 2.24) is 0 Å². The second-order valence-corrected chi connectivity index (χ2v) is 4.69. The summed E-state index contributed by atoms with van der Waals surface area (Å²) >= 11 is 0. The largest absolute Gasteiger partial charge is 0.481 e. The van der Waals surface area contributed by atoms with Gasteiger partial charge in [-0.1, -0.05) is 33.1 Å². The zero-order chi connectivity index (χ0) is 13.8. The van der Waals surface area contributed by atoms with E-state index in [2.05, 4.69) is 6.92 Å². The van der Waals surface area contributed by atoms with Gasteiger partial charge in [-0.25, -0.2) is 0 Å². The molecule has 0 saturated carbocycles. The summed E-state index contributed by atoms with van der Waals surface area (Å²) in [6, 6.07) is 0. The molecule has 0 aromatic rings. The second-order valence-electron chi connectivity index (χ2n) is 4.69. The lowest BCUT2D eigenvalue weighted by molar-refractivity contribution is -0.144. The molecule has 106 valence electrons. The Morgan fingerprint density at radius 2 is 1.89 bits per heavy atom. The standard InChI is InChI=1S/C14H26O4/c1-3-5-10-18-14(17)9-7-6-8-12(4-2)11-13(15)16/h12H,3-11H2,1-2H3,(H,15,16). The Morgan fingerprint density at radius 3 is 2.44 bits per heavy atom. The summed E-state index contributed by atoms with van der Waals surface area (Å²) in [5, 5.41) is 8.71. The Bertz CT molecular complexity index is 238. The Labute approximate surface area is 110 Å². The van der Waals surface area contributed by atoms with Gasteiger partial charge in [-0.3, -0.25) is 9.59 Å². The van der Waals surface area contributed by atoms with Crippen LogP contribution in [0.1, 0.15) is 65.2 Å². The van der Waals surface area contributed by atoms with Crippen LogP contribution in [0.25, 0.3) is 0 Å². The van der Waals surface area contributed by atoms with Gasteiger partial charge in [0.1, 0.15) is 0 Å². The maximum absolute atomic E-state index is 11.3. The van der Waals surface area contributed by atoms with E-state index in [0.717, 1.165) is 38.5 Å². The number of esters is 1. The molecule has 0 spiro atoms. The number of aliphatic carboxylic acids is 1. The van der Waals surface area contributed by atoms with E-state index < -0.39 is 5.97 Å². The molecule has 0 amide bonds. The van der Waals surface area contributed by atoms with E-state index in [1.54, 1.807) is 0 Å². The Hall–Kier alpha value is -1.06. The van der Waals surface area contributed by atoms with Crippen LogP contribution in [0, 0.1) is 5.92 Å². The molecule has 0 bridgehead atoms. The zero-order valence-electron chi connectivity index (χ0n) is 11.6. The van der Waals surface area contributed by atoms with Gasteiger partial charge in [0.2, 0.25) is 0 Å². The molecule has 1 atom stereocenters. The van der Waals surface area contributed by atoms with E-state index in [-0.39, 0.29) is 18.3 Å². The maximum atomic E-state index is 11.3. The van der Waals surface area contributed by atoms with Gasteiger partial charge in [0.15, 0.2) is 0 Å². The molecule has 0 aromatic carbocycles. The van der Waals surface area contributed by atoms with Crippen LogP contribution in [0.3, 0.4) is 0 Å². The van der Waals surface area contributed by atoms with Crippen LogP contribution in [0.4, 0.5) is 0 Å². The molecule has 0 aromatic heterocycles. The summed E-state index contributed by atoms with van der Waals surface area (Å²) in [5.41, 5.74) is 0. The first kappa shape index (κ1) is 16.9. The van der Waals surface area contributed by atoms with Crippen LogP contribution >= 0.6 is 0 Å². The van der Waals surface area contributed by atoms with E-state index in [1.165, 1.54) is 0 Å². The predicted octanol–water partition coefficient (Wildman–Crippen LogP) is 3.39. The average molecular weight is 258 g/mol. The Kier molecular flexibility index (Phi) is 10.4. The summed E-state index contributed by atoms with van der Waals surface area (Å²) in [6.45, 7) is 4.58. The minimum Gasteiger partial charge on any atom is -0.481 e. The number of ether oxygens (including phenoxy) is 1. The van der Waals surface area contributed by atoms with Gasteiger partial charge in [-0.05, 0) is 25.2 Å². The third-order valence-corrected chi connectivity index (χ3v) is 3.04. The van der Waals surface area contributed by atoms with Crippen LogP contribution in [-0.4, -0.2) is 23.7 Å². The smallest absolute Gasteiger partial charge is 0.305 e. The minimum atomic E-state index is -0.735. The van der Waals surface area contributed by atoms with Gasteiger partial charge in [-0.2, -0.15) is 0 Å². The van der Waals surface area contributed by atoms with Crippen LogP contribution in [-0.2, 0) is 14.3 Å². The van der Waals surface area contributed by atoms with E-state index >= 15 is 0 Å². The molecule has 0 aliphatic carbocycles.